The molecule has 20 heavy (non-hydrogen) atoms. The Morgan fingerprint density at radius 3 is 2.70 bits per heavy atom. The highest BCUT2D eigenvalue weighted by molar-refractivity contribution is 5.81. The minimum atomic E-state index is -0.659. The Morgan fingerprint density at radius 2 is 2.05 bits per heavy atom. The molecule has 3 nitrogen and oxygen atoms in total. The van der Waals surface area contributed by atoms with E-state index in [4.69, 9.17) is 4.74 Å². The lowest BCUT2D eigenvalue weighted by molar-refractivity contribution is -0.145. The zero-order valence-corrected chi connectivity index (χ0v) is 11.8. The summed E-state index contributed by atoms with van der Waals surface area (Å²) >= 11 is 0. The van der Waals surface area contributed by atoms with Crippen LogP contribution in [-0.2, 0) is 14.9 Å². The van der Waals surface area contributed by atoms with Crippen LogP contribution in [0.15, 0.2) is 24.3 Å². The van der Waals surface area contributed by atoms with Gasteiger partial charge < -0.3 is 9.84 Å². The molecule has 2 aliphatic rings. The summed E-state index contributed by atoms with van der Waals surface area (Å²) in [6.45, 7) is 1.59. The van der Waals surface area contributed by atoms with Crippen molar-refractivity contribution in [3.8, 4) is 0 Å². The van der Waals surface area contributed by atoms with E-state index in [-0.39, 0.29) is 0 Å². The third-order valence-electron chi connectivity index (χ3n) is 4.96. The SMILES string of the molecule is O=C(O)C1(c2cccc(C3CCOC3)c2)CCCCC1. The molecule has 1 saturated carbocycles. The molecule has 1 atom stereocenters. The van der Waals surface area contributed by atoms with Gasteiger partial charge in [0.1, 0.15) is 0 Å². The summed E-state index contributed by atoms with van der Waals surface area (Å²) in [5.41, 5.74) is 1.58. The topological polar surface area (TPSA) is 46.5 Å². The fourth-order valence-electron chi connectivity index (χ4n) is 3.67. The maximum absolute atomic E-state index is 11.9. The summed E-state index contributed by atoms with van der Waals surface area (Å²) in [5.74, 6) is -0.221. The van der Waals surface area contributed by atoms with Gasteiger partial charge in [0.05, 0.1) is 12.0 Å². The number of carbonyl (C=O) groups is 1. The third kappa shape index (κ3) is 2.35. The zero-order chi connectivity index (χ0) is 14.0. The molecule has 1 saturated heterocycles. The Hall–Kier alpha value is -1.35. The van der Waals surface area contributed by atoms with Crippen molar-refractivity contribution in [1.29, 1.82) is 0 Å². The van der Waals surface area contributed by atoms with Crippen LogP contribution in [0.1, 0.15) is 55.6 Å². The van der Waals surface area contributed by atoms with Crippen LogP contribution in [0, 0.1) is 0 Å². The average molecular weight is 274 g/mol. The Morgan fingerprint density at radius 1 is 1.25 bits per heavy atom. The average Bonchev–Trinajstić information content (AvgIpc) is 3.02. The first-order valence-corrected chi connectivity index (χ1v) is 7.64. The van der Waals surface area contributed by atoms with Gasteiger partial charge in [-0.3, -0.25) is 4.79 Å². The number of hydrogen-bond acceptors (Lipinski definition) is 2. The first kappa shape index (κ1) is 13.6. The van der Waals surface area contributed by atoms with Gasteiger partial charge in [-0.15, -0.1) is 0 Å². The number of carboxylic acid groups (broad SMARTS) is 1. The normalized spacial score (nSPS) is 25.5. The van der Waals surface area contributed by atoms with Crippen LogP contribution in [0.3, 0.4) is 0 Å². The summed E-state index contributed by atoms with van der Waals surface area (Å²) in [4.78, 5) is 11.9. The minimum Gasteiger partial charge on any atom is -0.481 e. The Balaban J connectivity index is 1.94. The van der Waals surface area contributed by atoms with Gasteiger partial charge >= 0.3 is 5.97 Å². The van der Waals surface area contributed by atoms with Crippen molar-refractivity contribution in [3.05, 3.63) is 35.4 Å². The molecule has 1 aromatic carbocycles. The lowest BCUT2D eigenvalue weighted by Gasteiger charge is -2.34. The Labute approximate surface area is 120 Å². The van der Waals surface area contributed by atoms with Gasteiger partial charge in [0.2, 0.25) is 0 Å². The number of carboxylic acids is 1. The van der Waals surface area contributed by atoms with Crippen molar-refractivity contribution in [2.45, 2.75) is 49.9 Å². The van der Waals surface area contributed by atoms with E-state index in [9.17, 15) is 9.90 Å². The molecule has 1 N–H and O–H groups in total. The predicted molar refractivity (Wildman–Crippen MR) is 77.0 cm³/mol. The molecule has 3 rings (SSSR count). The van der Waals surface area contributed by atoms with Crippen molar-refractivity contribution in [1.82, 2.24) is 0 Å². The summed E-state index contributed by atoms with van der Waals surface area (Å²) in [6, 6.07) is 8.25. The molecule has 3 heteroatoms. The van der Waals surface area contributed by atoms with Crippen LogP contribution >= 0.6 is 0 Å². The van der Waals surface area contributed by atoms with Gasteiger partial charge in [0, 0.05) is 12.5 Å². The predicted octanol–water partition coefficient (Wildman–Crippen LogP) is 3.48. The van der Waals surface area contributed by atoms with Crippen molar-refractivity contribution in [2.24, 2.45) is 0 Å². The minimum absolute atomic E-state index is 0.435. The highest BCUT2D eigenvalue weighted by Gasteiger charge is 2.41. The molecule has 1 aromatic rings. The van der Waals surface area contributed by atoms with E-state index < -0.39 is 11.4 Å². The monoisotopic (exact) mass is 274 g/mol. The fraction of sp³-hybridized carbons (Fsp3) is 0.588. The van der Waals surface area contributed by atoms with E-state index in [1.807, 2.05) is 12.1 Å². The Kier molecular flexibility index (Phi) is 3.79. The number of hydrogen-bond donors (Lipinski definition) is 1. The smallest absolute Gasteiger partial charge is 0.314 e. The van der Waals surface area contributed by atoms with Gasteiger partial charge in [0.25, 0.3) is 0 Å². The van der Waals surface area contributed by atoms with E-state index in [1.165, 1.54) is 5.56 Å². The summed E-state index contributed by atoms with van der Waals surface area (Å²) in [6.07, 6.45) is 5.78. The highest BCUT2D eigenvalue weighted by Crippen LogP contribution is 2.41. The molecule has 1 unspecified atom stereocenters. The standard InChI is InChI=1S/C17H22O3/c18-16(19)17(8-2-1-3-9-17)15-6-4-5-13(11-15)14-7-10-20-12-14/h4-6,11,14H,1-3,7-10,12H2,(H,18,19). The second-order valence-corrected chi connectivity index (χ2v) is 6.13. The molecule has 1 heterocycles. The van der Waals surface area contributed by atoms with Gasteiger partial charge in [-0.2, -0.15) is 0 Å². The first-order valence-electron chi connectivity index (χ1n) is 7.64. The van der Waals surface area contributed by atoms with Gasteiger partial charge in [-0.05, 0) is 30.4 Å². The lowest BCUT2D eigenvalue weighted by Crippen LogP contribution is -2.37. The molecular weight excluding hydrogens is 252 g/mol. The van der Waals surface area contributed by atoms with Gasteiger partial charge in [0.15, 0.2) is 0 Å². The fourth-order valence-corrected chi connectivity index (χ4v) is 3.67. The quantitative estimate of drug-likeness (QED) is 0.918. The van der Waals surface area contributed by atoms with Gasteiger partial charge in [-0.1, -0.05) is 43.5 Å². The van der Waals surface area contributed by atoms with E-state index in [0.717, 1.165) is 57.3 Å². The van der Waals surface area contributed by atoms with Gasteiger partial charge in [-0.25, -0.2) is 0 Å². The van der Waals surface area contributed by atoms with Crippen molar-refractivity contribution < 1.29 is 14.6 Å². The van der Waals surface area contributed by atoms with Crippen molar-refractivity contribution in [3.63, 3.8) is 0 Å². The lowest BCUT2D eigenvalue weighted by atomic mass is 9.69. The van der Waals surface area contributed by atoms with Crippen LogP contribution in [0.2, 0.25) is 0 Å². The summed E-state index contributed by atoms with van der Waals surface area (Å²) < 4.78 is 5.45. The van der Waals surface area contributed by atoms with Crippen LogP contribution in [0.25, 0.3) is 0 Å². The molecule has 0 bridgehead atoms. The molecule has 1 aliphatic heterocycles. The summed E-state index contributed by atoms with van der Waals surface area (Å²) in [5, 5.41) is 9.77. The second-order valence-electron chi connectivity index (χ2n) is 6.13. The molecule has 2 fully saturated rings. The van der Waals surface area contributed by atoms with Crippen LogP contribution in [0.5, 0.6) is 0 Å². The first-order chi connectivity index (χ1) is 9.72. The zero-order valence-electron chi connectivity index (χ0n) is 11.8. The molecule has 0 aromatic heterocycles. The van der Waals surface area contributed by atoms with E-state index in [0.29, 0.717) is 5.92 Å². The third-order valence-corrected chi connectivity index (χ3v) is 4.96. The number of benzene rings is 1. The molecule has 0 spiro atoms. The molecule has 108 valence electrons. The molecular formula is C17H22O3. The molecule has 0 amide bonds. The van der Waals surface area contributed by atoms with Crippen molar-refractivity contribution >= 4 is 5.97 Å². The summed E-state index contributed by atoms with van der Waals surface area (Å²) in [7, 11) is 0. The highest BCUT2D eigenvalue weighted by atomic mass is 16.5. The van der Waals surface area contributed by atoms with E-state index in [2.05, 4.69) is 12.1 Å². The second kappa shape index (κ2) is 5.57. The number of ether oxygens (including phenoxy) is 1. The maximum Gasteiger partial charge on any atom is 0.314 e. The molecule has 1 aliphatic carbocycles. The Bertz CT molecular complexity index is 483. The van der Waals surface area contributed by atoms with Crippen LogP contribution in [0.4, 0.5) is 0 Å². The number of rotatable bonds is 3. The van der Waals surface area contributed by atoms with E-state index >= 15 is 0 Å². The number of aliphatic carboxylic acids is 1. The van der Waals surface area contributed by atoms with Crippen molar-refractivity contribution in [2.75, 3.05) is 13.2 Å². The van der Waals surface area contributed by atoms with Crippen LogP contribution < -0.4 is 0 Å². The van der Waals surface area contributed by atoms with Crippen LogP contribution in [-0.4, -0.2) is 24.3 Å². The molecule has 0 radical (unpaired) electrons. The van der Waals surface area contributed by atoms with E-state index in [1.54, 1.807) is 0 Å². The largest absolute Gasteiger partial charge is 0.481 e. The maximum atomic E-state index is 11.9.